The molecule has 1 aromatic rings. The minimum absolute atomic E-state index is 0.0130. The average Bonchev–Trinajstić information content (AvgIpc) is 2.58. The van der Waals surface area contributed by atoms with Crippen molar-refractivity contribution in [3.05, 3.63) is 46.0 Å². The van der Waals surface area contributed by atoms with Gasteiger partial charge in [-0.2, -0.15) is 0 Å². The van der Waals surface area contributed by atoms with E-state index in [2.05, 4.69) is 5.32 Å². The summed E-state index contributed by atoms with van der Waals surface area (Å²) in [6, 6.07) is 8.49. The number of hydrogen-bond acceptors (Lipinski definition) is 3. The molecule has 0 aliphatic carbocycles. The first-order valence-corrected chi connectivity index (χ1v) is 5.47. The highest BCUT2D eigenvalue weighted by Gasteiger charge is 2.33. The Morgan fingerprint density at radius 2 is 1.88 bits per heavy atom. The van der Waals surface area contributed by atoms with Crippen LogP contribution in [-0.2, 0) is 9.53 Å². The highest BCUT2D eigenvalue weighted by Crippen LogP contribution is 2.27. The first-order valence-electron chi connectivity index (χ1n) is 4.71. The molecule has 0 bridgehead atoms. The van der Waals surface area contributed by atoms with Crippen LogP contribution in [0.25, 0.3) is 0 Å². The number of carbonyl (C=O) groups is 2. The molecule has 0 saturated carbocycles. The van der Waals surface area contributed by atoms with Crippen molar-refractivity contribution in [1.82, 2.24) is 5.32 Å². The Morgan fingerprint density at radius 3 is 2.41 bits per heavy atom. The van der Waals surface area contributed by atoms with Gasteiger partial charge < -0.3 is 10.1 Å². The van der Waals surface area contributed by atoms with Crippen molar-refractivity contribution in [2.75, 3.05) is 0 Å². The van der Waals surface area contributed by atoms with Crippen LogP contribution < -0.4 is 5.32 Å². The fourth-order valence-electron chi connectivity index (χ4n) is 1.31. The summed E-state index contributed by atoms with van der Waals surface area (Å²) in [4.78, 5) is 22.8. The Morgan fingerprint density at radius 1 is 1.24 bits per heavy atom. The zero-order valence-corrected chi connectivity index (χ0v) is 9.96. The van der Waals surface area contributed by atoms with Gasteiger partial charge in [0, 0.05) is 5.56 Å². The second-order valence-corrected chi connectivity index (χ2v) is 4.07. The SMILES string of the molecule is O=C1OC(NC(=O)c2ccccc2)C(Cl)=C1Cl. The zero-order chi connectivity index (χ0) is 12.4. The summed E-state index contributed by atoms with van der Waals surface area (Å²) in [6.45, 7) is 0. The molecule has 1 amide bonds. The average molecular weight is 272 g/mol. The summed E-state index contributed by atoms with van der Waals surface area (Å²) in [6.07, 6.45) is -1.01. The molecule has 1 unspecified atom stereocenters. The van der Waals surface area contributed by atoms with Gasteiger partial charge in [0.1, 0.15) is 10.1 Å². The molecule has 4 nitrogen and oxygen atoms in total. The van der Waals surface area contributed by atoms with Gasteiger partial charge in [0.2, 0.25) is 6.23 Å². The summed E-state index contributed by atoms with van der Waals surface area (Å²) in [5.74, 6) is -1.14. The van der Waals surface area contributed by atoms with Crippen LogP contribution >= 0.6 is 23.2 Å². The number of hydrogen-bond donors (Lipinski definition) is 1. The molecule has 17 heavy (non-hydrogen) atoms. The van der Waals surface area contributed by atoms with E-state index in [0.717, 1.165) is 0 Å². The lowest BCUT2D eigenvalue weighted by atomic mass is 10.2. The van der Waals surface area contributed by atoms with Crippen molar-refractivity contribution >= 4 is 35.1 Å². The quantitative estimate of drug-likeness (QED) is 0.837. The maximum Gasteiger partial charge on any atom is 0.353 e. The normalized spacial score (nSPS) is 19.2. The first-order chi connectivity index (χ1) is 8.09. The number of benzene rings is 1. The number of ether oxygens (including phenoxy) is 1. The van der Waals surface area contributed by atoms with E-state index >= 15 is 0 Å². The lowest BCUT2D eigenvalue weighted by molar-refractivity contribution is -0.139. The molecule has 88 valence electrons. The third-order valence-corrected chi connectivity index (χ3v) is 2.98. The van der Waals surface area contributed by atoms with E-state index in [9.17, 15) is 9.59 Å². The van der Waals surface area contributed by atoms with Gasteiger partial charge in [-0.1, -0.05) is 41.4 Å². The number of amides is 1. The van der Waals surface area contributed by atoms with Crippen molar-refractivity contribution in [3.63, 3.8) is 0 Å². The Hall–Kier alpha value is -1.52. The Labute approximate surface area is 107 Å². The molecule has 1 heterocycles. The number of esters is 1. The minimum Gasteiger partial charge on any atom is -0.432 e. The molecule has 2 rings (SSSR count). The van der Waals surface area contributed by atoms with Crippen LogP contribution in [0.4, 0.5) is 0 Å². The lowest BCUT2D eigenvalue weighted by Gasteiger charge is -2.12. The maximum atomic E-state index is 11.7. The van der Waals surface area contributed by atoms with Gasteiger partial charge in [0.05, 0.1) is 0 Å². The van der Waals surface area contributed by atoms with Gasteiger partial charge >= 0.3 is 5.97 Å². The van der Waals surface area contributed by atoms with Crippen LogP contribution in [0.5, 0.6) is 0 Å². The first kappa shape index (κ1) is 12.0. The molecule has 0 spiro atoms. The van der Waals surface area contributed by atoms with Crippen molar-refractivity contribution < 1.29 is 14.3 Å². The van der Waals surface area contributed by atoms with E-state index < -0.39 is 18.1 Å². The van der Waals surface area contributed by atoms with E-state index in [-0.39, 0.29) is 10.1 Å². The summed E-state index contributed by atoms with van der Waals surface area (Å²) in [5, 5.41) is 2.23. The zero-order valence-electron chi connectivity index (χ0n) is 8.44. The Bertz CT molecular complexity index is 499. The highest BCUT2D eigenvalue weighted by molar-refractivity contribution is 6.48. The van der Waals surface area contributed by atoms with Gasteiger partial charge in [0.25, 0.3) is 5.91 Å². The Kier molecular flexibility index (Phi) is 3.36. The standard InChI is InChI=1S/C11H7Cl2NO3/c12-7-8(13)11(16)17-10(7)14-9(15)6-4-2-1-3-5-6/h1-5,10H,(H,14,15). The minimum atomic E-state index is -1.01. The number of nitrogens with one attached hydrogen (secondary N) is 1. The van der Waals surface area contributed by atoms with Crippen LogP contribution in [0.3, 0.4) is 0 Å². The summed E-state index contributed by atoms with van der Waals surface area (Å²) < 4.78 is 4.77. The second kappa shape index (κ2) is 4.77. The summed E-state index contributed by atoms with van der Waals surface area (Å²) >= 11 is 11.3. The smallest absolute Gasteiger partial charge is 0.353 e. The van der Waals surface area contributed by atoms with E-state index in [1.54, 1.807) is 30.3 Å². The van der Waals surface area contributed by atoms with Crippen LogP contribution in [0.15, 0.2) is 40.4 Å². The van der Waals surface area contributed by atoms with E-state index in [1.807, 2.05) is 0 Å². The Balaban J connectivity index is 2.09. The molecular formula is C11H7Cl2NO3. The molecule has 0 aromatic heterocycles. The fourth-order valence-corrected chi connectivity index (χ4v) is 1.63. The predicted molar refractivity (Wildman–Crippen MR) is 62.5 cm³/mol. The third-order valence-electron chi connectivity index (χ3n) is 2.14. The molecule has 0 radical (unpaired) electrons. The van der Waals surface area contributed by atoms with E-state index in [0.29, 0.717) is 5.56 Å². The topological polar surface area (TPSA) is 55.4 Å². The van der Waals surface area contributed by atoms with Gasteiger partial charge in [0.15, 0.2) is 0 Å². The molecule has 1 atom stereocenters. The molecule has 1 N–H and O–H groups in total. The molecule has 6 heteroatoms. The molecule has 1 aromatic carbocycles. The maximum absolute atomic E-state index is 11.7. The number of carbonyl (C=O) groups excluding carboxylic acids is 2. The second-order valence-electron chi connectivity index (χ2n) is 3.29. The van der Waals surface area contributed by atoms with Crippen LogP contribution in [0.2, 0.25) is 0 Å². The van der Waals surface area contributed by atoms with Crippen molar-refractivity contribution in [2.45, 2.75) is 6.23 Å². The summed E-state index contributed by atoms with van der Waals surface area (Å²) in [5.41, 5.74) is 0.441. The van der Waals surface area contributed by atoms with Crippen molar-refractivity contribution in [3.8, 4) is 0 Å². The number of halogens is 2. The third kappa shape index (κ3) is 2.43. The summed E-state index contributed by atoms with van der Waals surface area (Å²) in [7, 11) is 0. The molecule has 0 fully saturated rings. The van der Waals surface area contributed by atoms with E-state index in [4.69, 9.17) is 27.9 Å². The van der Waals surface area contributed by atoms with Crippen molar-refractivity contribution in [1.29, 1.82) is 0 Å². The van der Waals surface area contributed by atoms with Gasteiger partial charge in [-0.3, -0.25) is 4.79 Å². The van der Waals surface area contributed by atoms with Crippen LogP contribution in [0, 0.1) is 0 Å². The lowest BCUT2D eigenvalue weighted by Crippen LogP contribution is -2.35. The monoisotopic (exact) mass is 271 g/mol. The van der Waals surface area contributed by atoms with E-state index in [1.165, 1.54) is 0 Å². The van der Waals surface area contributed by atoms with Gasteiger partial charge in [-0.05, 0) is 12.1 Å². The van der Waals surface area contributed by atoms with Crippen LogP contribution in [0.1, 0.15) is 10.4 Å². The predicted octanol–water partition coefficient (Wildman–Crippen LogP) is 1.99. The molecule has 1 aliphatic heterocycles. The largest absolute Gasteiger partial charge is 0.432 e. The van der Waals surface area contributed by atoms with Crippen LogP contribution in [-0.4, -0.2) is 18.1 Å². The van der Waals surface area contributed by atoms with Gasteiger partial charge in [-0.25, -0.2) is 4.79 Å². The molecule has 0 saturated heterocycles. The molecular weight excluding hydrogens is 265 g/mol. The fraction of sp³-hybridized carbons (Fsp3) is 0.0909. The highest BCUT2D eigenvalue weighted by atomic mass is 35.5. The number of rotatable bonds is 2. The molecule has 1 aliphatic rings. The van der Waals surface area contributed by atoms with Gasteiger partial charge in [-0.15, -0.1) is 0 Å². The number of cyclic esters (lactones) is 1. The van der Waals surface area contributed by atoms with Crippen molar-refractivity contribution in [2.24, 2.45) is 0 Å².